The molecule has 0 aromatic heterocycles. The average Bonchev–Trinajstić information content (AvgIpc) is 2.35. The smallest absolute Gasteiger partial charge is 0.283 e. The Hall–Kier alpha value is -1.92. The molecule has 18 heavy (non-hydrogen) atoms. The number of ether oxygens (including phenoxy) is 1. The minimum atomic E-state index is -2.12. The lowest BCUT2D eigenvalue weighted by Gasteiger charge is -2.36. The third kappa shape index (κ3) is 1.85. The van der Waals surface area contributed by atoms with E-state index in [-0.39, 0.29) is 23.8 Å². The first-order valence-electron chi connectivity index (χ1n) is 5.24. The predicted octanol–water partition coefficient (Wildman–Crippen LogP) is 1.26. The molecule has 98 valence electrons. The van der Waals surface area contributed by atoms with Gasteiger partial charge in [0.15, 0.2) is 6.17 Å². The van der Waals surface area contributed by atoms with Gasteiger partial charge in [0.2, 0.25) is 5.60 Å². The third-order valence-corrected chi connectivity index (χ3v) is 2.84. The van der Waals surface area contributed by atoms with Crippen molar-refractivity contribution in [2.24, 2.45) is 10.7 Å². The first-order valence-corrected chi connectivity index (χ1v) is 5.24. The van der Waals surface area contributed by atoms with Gasteiger partial charge in [0.1, 0.15) is 12.5 Å². The van der Waals surface area contributed by atoms with E-state index in [1.165, 1.54) is 6.07 Å². The maximum atomic E-state index is 13.9. The van der Waals surface area contributed by atoms with Crippen LogP contribution < -0.4 is 11.5 Å². The molecule has 4 N–H and O–H groups in total. The van der Waals surface area contributed by atoms with Gasteiger partial charge in [0, 0.05) is 11.3 Å². The largest absolute Gasteiger partial charge is 0.448 e. The molecule has 0 saturated carbocycles. The molecule has 1 heterocycles. The highest BCUT2D eigenvalue weighted by Gasteiger charge is 2.48. The Morgan fingerprint density at radius 2 is 2.17 bits per heavy atom. The fourth-order valence-electron chi connectivity index (χ4n) is 1.87. The Morgan fingerprint density at radius 1 is 1.44 bits per heavy atom. The van der Waals surface area contributed by atoms with Crippen LogP contribution in [0.5, 0.6) is 0 Å². The topological polar surface area (TPSA) is 73.6 Å². The normalized spacial score (nSPS) is 27.5. The van der Waals surface area contributed by atoms with Gasteiger partial charge in [0.05, 0.1) is 6.54 Å². The van der Waals surface area contributed by atoms with Crippen LogP contribution in [-0.4, -0.2) is 25.4 Å². The minimum Gasteiger partial charge on any atom is -0.448 e. The number of amidine groups is 1. The third-order valence-electron chi connectivity index (χ3n) is 2.84. The Bertz CT molecular complexity index is 494. The second-order valence-electron chi connectivity index (χ2n) is 4.01. The summed E-state index contributed by atoms with van der Waals surface area (Å²) in [5.74, 6) is -0.806. The van der Waals surface area contributed by atoms with E-state index in [1.54, 1.807) is 0 Å². The van der Waals surface area contributed by atoms with Crippen LogP contribution in [0.1, 0.15) is 5.56 Å². The number of halogens is 3. The van der Waals surface area contributed by atoms with E-state index in [2.05, 4.69) is 4.99 Å². The van der Waals surface area contributed by atoms with Gasteiger partial charge in [0.25, 0.3) is 6.02 Å². The Kier molecular flexibility index (Phi) is 3.06. The van der Waals surface area contributed by atoms with E-state index >= 15 is 0 Å². The van der Waals surface area contributed by atoms with Crippen molar-refractivity contribution in [3.63, 3.8) is 0 Å². The highest BCUT2D eigenvalue weighted by atomic mass is 19.1. The molecule has 1 aliphatic heterocycles. The van der Waals surface area contributed by atoms with Gasteiger partial charge in [-0.25, -0.2) is 18.2 Å². The molecule has 0 fully saturated rings. The molecule has 4 nitrogen and oxygen atoms in total. The lowest BCUT2D eigenvalue weighted by atomic mass is 9.88. The number of alkyl halides is 2. The zero-order valence-corrected chi connectivity index (χ0v) is 9.37. The van der Waals surface area contributed by atoms with Crippen LogP contribution in [0.3, 0.4) is 0 Å². The molecular weight excluding hydrogens is 247 g/mol. The molecule has 0 aliphatic carbocycles. The summed E-state index contributed by atoms with van der Waals surface area (Å²) in [5, 5.41) is 0. The van der Waals surface area contributed by atoms with E-state index in [0.29, 0.717) is 0 Å². The van der Waals surface area contributed by atoms with Crippen molar-refractivity contribution >= 4 is 11.7 Å². The van der Waals surface area contributed by atoms with Crippen molar-refractivity contribution in [1.82, 2.24) is 0 Å². The molecule has 1 aromatic carbocycles. The number of nitrogens with two attached hydrogens (primary N) is 2. The summed E-state index contributed by atoms with van der Waals surface area (Å²) in [6.45, 7) is -1.66. The number of aliphatic imine (C=N–C) groups is 1. The number of nitrogens with zero attached hydrogens (tertiary/aromatic N) is 1. The number of hydrogen-bond acceptors (Lipinski definition) is 4. The maximum absolute atomic E-state index is 13.9. The van der Waals surface area contributed by atoms with E-state index in [9.17, 15) is 13.2 Å². The van der Waals surface area contributed by atoms with Gasteiger partial charge in [-0.1, -0.05) is 0 Å². The van der Waals surface area contributed by atoms with Gasteiger partial charge in [-0.05, 0) is 18.2 Å². The Balaban J connectivity index is 2.56. The highest BCUT2D eigenvalue weighted by Crippen LogP contribution is 2.37. The molecule has 0 bridgehead atoms. The summed E-state index contributed by atoms with van der Waals surface area (Å²) in [6.07, 6.45) is -1.84. The standard InChI is InChI=1S/C11H12F3N3O/c12-5-11(9(14)4-17-10(16)18-11)7-3-6(15)1-2-8(7)13/h1-3,9H,4-5,15H2,(H2,16,17)/t9-,11-/m1/s1. The molecule has 0 radical (unpaired) electrons. The lowest BCUT2D eigenvalue weighted by Crippen LogP contribution is -2.50. The van der Waals surface area contributed by atoms with E-state index in [0.717, 1.165) is 12.1 Å². The van der Waals surface area contributed by atoms with Gasteiger partial charge in [-0.2, -0.15) is 0 Å². The number of benzene rings is 1. The molecule has 2 atom stereocenters. The maximum Gasteiger partial charge on any atom is 0.283 e. The predicted molar refractivity (Wildman–Crippen MR) is 60.9 cm³/mol. The van der Waals surface area contributed by atoms with Gasteiger partial charge in [-0.15, -0.1) is 0 Å². The number of rotatable bonds is 2. The quantitative estimate of drug-likeness (QED) is 0.785. The van der Waals surface area contributed by atoms with Gasteiger partial charge < -0.3 is 16.2 Å². The molecule has 2 rings (SSSR count). The fraction of sp³-hybridized carbons (Fsp3) is 0.364. The number of anilines is 1. The molecule has 1 aliphatic rings. The molecular formula is C11H12F3N3O. The molecule has 0 spiro atoms. The SMILES string of the molecule is NC1=NC[C@@H](F)[C@@](CF)(c2cc(N)ccc2F)O1. The number of hydrogen-bond donors (Lipinski definition) is 2. The van der Waals surface area contributed by atoms with Crippen LogP contribution in [0.25, 0.3) is 0 Å². The van der Waals surface area contributed by atoms with Crippen molar-refractivity contribution in [2.45, 2.75) is 11.8 Å². The van der Waals surface area contributed by atoms with Crippen molar-refractivity contribution in [3.8, 4) is 0 Å². The van der Waals surface area contributed by atoms with Crippen LogP contribution >= 0.6 is 0 Å². The summed E-state index contributed by atoms with van der Waals surface area (Å²) in [7, 11) is 0. The summed E-state index contributed by atoms with van der Waals surface area (Å²) >= 11 is 0. The van der Waals surface area contributed by atoms with E-state index in [1.807, 2.05) is 0 Å². The molecule has 0 unspecified atom stereocenters. The molecule has 1 aromatic rings. The summed E-state index contributed by atoms with van der Waals surface area (Å²) in [4.78, 5) is 3.51. The fourth-order valence-corrected chi connectivity index (χ4v) is 1.87. The summed E-state index contributed by atoms with van der Waals surface area (Å²) < 4.78 is 45.9. The summed E-state index contributed by atoms with van der Waals surface area (Å²) in [5.41, 5.74) is 8.57. The molecule has 0 saturated heterocycles. The van der Waals surface area contributed by atoms with Gasteiger partial charge >= 0.3 is 0 Å². The average molecular weight is 259 g/mol. The van der Waals surface area contributed by atoms with Gasteiger partial charge in [-0.3, -0.25) is 0 Å². The highest BCUT2D eigenvalue weighted by molar-refractivity contribution is 5.73. The minimum absolute atomic E-state index is 0.177. The van der Waals surface area contributed by atoms with Crippen LogP contribution in [-0.2, 0) is 10.3 Å². The Labute approximate surface area is 101 Å². The van der Waals surface area contributed by atoms with Crippen LogP contribution in [0.4, 0.5) is 18.9 Å². The first kappa shape index (κ1) is 12.5. The van der Waals surface area contributed by atoms with Crippen molar-refractivity contribution < 1.29 is 17.9 Å². The van der Waals surface area contributed by atoms with E-state index < -0.39 is 24.3 Å². The first-order chi connectivity index (χ1) is 8.49. The second kappa shape index (κ2) is 4.40. The molecule has 7 heteroatoms. The summed E-state index contributed by atoms with van der Waals surface area (Å²) in [6, 6.07) is 3.08. The number of nitrogen functional groups attached to an aromatic ring is 1. The Morgan fingerprint density at radius 3 is 2.83 bits per heavy atom. The van der Waals surface area contributed by atoms with Crippen LogP contribution in [0, 0.1) is 5.82 Å². The van der Waals surface area contributed by atoms with Crippen LogP contribution in [0.15, 0.2) is 23.2 Å². The van der Waals surface area contributed by atoms with Crippen LogP contribution in [0.2, 0.25) is 0 Å². The zero-order chi connectivity index (χ0) is 13.3. The van der Waals surface area contributed by atoms with Crippen molar-refractivity contribution in [3.05, 3.63) is 29.6 Å². The lowest BCUT2D eigenvalue weighted by molar-refractivity contribution is -0.0562. The molecule has 0 amide bonds. The monoisotopic (exact) mass is 259 g/mol. The second-order valence-corrected chi connectivity index (χ2v) is 4.01. The van der Waals surface area contributed by atoms with E-state index in [4.69, 9.17) is 16.2 Å². The van der Waals surface area contributed by atoms with Crippen molar-refractivity contribution in [1.29, 1.82) is 0 Å². The van der Waals surface area contributed by atoms with Crippen molar-refractivity contribution in [2.75, 3.05) is 19.0 Å². The zero-order valence-electron chi connectivity index (χ0n) is 9.37.